The molecule has 1 aliphatic rings. The Balaban J connectivity index is 2.05. The fourth-order valence-electron chi connectivity index (χ4n) is 2.27. The zero-order valence-corrected chi connectivity index (χ0v) is 11.0. The maximum absolute atomic E-state index is 11.3. The molecule has 0 amide bonds. The van der Waals surface area contributed by atoms with E-state index in [9.17, 15) is 9.90 Å². The number of fused-ring (bicyclic) bond motifs is 1. The van der Waals surface area contributed by atoms with E-state index in [0.29, 0.717) is 11.9 Å². The maximum atomic E-state index is 11.3. The number of hydrogen-bond donors (Lipinski definition) is 2. The molecule has 0 saturated heterocycles. The van der Waals surface area contributed by atoms with Gasteiger partial charge in [0.15, 0.2) is 0 Å². The molecule has 1 aliphatic carbocycles. The van der Waals surface area contributed by atoms with Crippen molar-refractivity contribution < 1.29 is 9.90 Å². The molecule has 3 rings (SSSR count). The number of nitrogens with zero attached hydrogens (tertiary/aromatic N) is 1. The molecule has 1 aromatic heterocycles. The lowest BCUT2D eigenvalue weighted by molar-refractivity contribution is 0.0697. The van der Waals surface area contributed by atoms with Crippen molar-refractivity contribution in [2.24, 2.45) is 5.41 Å². The quantitative estimate of drug-likeness (QED) is 0.885. The maximum Gasteiger partial charge on any atom is 0.339 e. The predicted octanol–water partition coefficient (Wildman–Crippen LogP) is 3.14. The first-order chi connectivity index (χ1) is 8.97. The minimum atomic E-state index is -0.945. The Hall–Kier alpha value is -2.10. The van der Waals surface area contributed by atoms with Crippen molar-refractivity contribution in [3.05, 3.63) is 35.9 Å². The van der Waals surface area contributed by atoms with Gasteiger partial charge in [0, 0.05) is 11.4 Å². The van der Waals surface area contributed by atoms with Gasteiger partial charge in [-0.05, 0) is 24.0 Å². The molecular weight excluding hydrogens is 240 g/mol. The van der Waals surface area contributed by atoms with Crippen LogP contribution in [0, 0.1) is 5.41 Å². The number of hydrogen-bond acceptors (Lipinski definition) is 3. The van der Waals surface area contributed by atoms with Crippen LogP contribution >= 0.6 is 0 Å². The zero-order valence-electron chi connectivity index (χ0n) is 11.0. The lowest BCUT2D eigenvalue weighted by atomic mass is 10.1. The molecule has 0 spiro atoms. The largest absolute Gasteiger partial charge is 0.478 e. The number of carboxylic acid groups (broad SMARTS) is 1. The number of aromatic carboxylic acids is 1. The van der Waals surface area contributed by atoms with Gasteiger partial charge in [0.05, 0.1) is 5.52 Å². The molecule has 98 valence electrons. The van der Waals surface area contributed by atoms with Crippen LogP contribution in [-0.4, -0.2) is 22.1 Å². The van der Waals surface area contributed by atoms with E-state index < -0.39 is 5.97 Å². The average molecular weight is 256 g/mol. The van der Waals surface area contributed by atoms with E-state index in [1.165, 1.54) is 0 Å². The fraction of sp³-hybridized carbons (Fsp3) is 0.333. The number of aromatic nitrogens is 1. The minimum absolute atomic E-state index is 0.225. The van der Waals surface area contributed by atoms with Gasteiger partial charge < -0.3 is 10.4 Å². The average Bonchev–Trinajstić information content (AvgIpc) is 2.95. The van der Waals surface area contributed by atoms with Crippen LogP contribution in [0.1, 0.15) is 30.6 Å². The first-order valence-corrected chi connectivity index (χ1v) is 6.37. The molecule has 1 unspecified atom stereocenters. The number of anilines is 1. The van der Waals surface area contributed by atoms with E-state index in [4.69, 9.17) is 0 Å². The molecule has 1 aromatic carbocycles. The number of benzene rings is 1. The second kappa shape index (κ2) is 3.95. The molecule has 4 nitrogen and oxygen atoms in total. The summed E-state index contributed by atoms with van der Waals surface area (Å²) in [5.41, 5.74) is 1.28. The highest BCUT2D eigenvalue weighted by atomic mass is 16.4. The van der Waals surface area contributed by atoms with Gasteiger partial charge in [-0.2, -0.15) is 0 Å². The summed E-state index contributed by atoms with van der Waals surface area (Å²) in [5, 5.41) is 13.4. The van der Waals surface area contributed by atoms with Crippen molar-refractivity contribution in [3.63, 3.8) is 0 Å². The number of nitrogens with one attached hydrogen (secondary N) is 1. The zero-order chi connectivity index (χ0) is 13.6. The fourth-order valence-corrected chi connectivity index (χ4v) is 2.27. The van der Waals surface area contributed by atoms with E-state index in [1.54, 1.807) is 6.07 Å². The second-order valence-electron chi connectivity index (χ2n) is 5.77. The summed E-state index contributed by atoms with van der Waals surface area (Å²) in [6.45, 7) is 4.32. The van der Waals surface area contributed by atoms with E-state index in [1.807, 2.05) is 24.3 Å². The first-order valence-electron chi connectivity index (χ1n) is 6.37. The lowest BCUT2D eigenvalue weighted by Crippen LogP contribution is -2.13. The highest BCUT2D eigenvalue weighted by Crippen LogP contribution is 2.46. The topological polar surface area (TPSA) is 62.2 Å². The molecule has 19 heavy (non-hydrogen) atoms. The Kier molecular flexibility index (Phi) is 2.49. The normalized spacial score (nSPS) is 20.2. The third kappa shape index (κ3) is 2.14. The molecule has 2 aromatic rings. The van der Waals surface area contributed by atoms with Gasteiger partial charge in [-0.1, -0.05) is 32.0 Å². The number of rotatable bonds is 3. The van der Waals surface area contributed by atoms with Crippen LogP contribution in [0.4, 0.5) is 5.82 Å². The van der Waals surface area contributed by atoms with Crippen LogP contribution in [0.25, 0.3) is 10.9 Å². The van der Waals surface area contributed by atoms with Crippen LogP contribution in [-0.2, 0) is 0 Å². The van der Waals surface area contributed by atoms with Gasteiger partial charge in [0.25, 0.3) is 0 Å². The Labute approximate surface area is 111 Å². The van der Waals surface area contributed by atoms with Crippen LogP contribution in [0.2, 0.25) is 0 Å². The number of carboxylic acids is 1. The van der Waals surface area contributed by atoms with E-state index >= 15 is 0 Å². The Morgan fingerprint density at radius 3 is 2.74 bits per heavy atom. The molecule has 2 N–H and O–H groups in total. The summed E-state index contributed by atoms with van der Waals surface area (Å²) < 4.78 is 0. The Morgan fingerprint density at radius 2 is 2.11 bits per heavy atom. The number of pyridine rings is 1. The molecule has 1 saturated carbocycles. The van der Waals surface area contributed by atoms with E-state index in [0.717, 1.165) is 17.3 Å². The second-order valence-corrected chi connectivity index (χ2v) is 5.77. The van der Waals surface area contributed by atoms with Crippen LogP contribution < -0.4 is 5.32 Å². The van der Waals surface area contributed by atoms with Gasteiger partial charge in [0.1, 0.15) is 11.4 Å². The third-order valence-corrected chi connectivity index (χ3v) is 3.78. The highest BCUT2D eigenvalue weighted by molar-refractivity contribution is 5.98. The van der Waals surface area contributed by atoms with Crippen molar-refractivity contribution in [2.45, 2.75) is 26.3 Å². The third-order valence-electron chi connectivity index (χ3n) is 3.78. The molecule has 1 heterocycles. The van der Waals surface area contributed by atoms with Gasteiger partial charge in [-0.15, -0.1) is 0 Å². The lowest BCUT2D eigenvalue weighted by Gasteiger charge is -2.11. The van der Waals surface area contributed by atoms with Crippen molar-refractivity contribution in [2.75, 3.05) is 5.32 Å². The van der Waals surface area contributed by atoms with Crippen LogP contribution in [0.3, 0.4) is 0 Å². The van der Waals surface area contributed by atoms with Crippen molar-refractivity contribution in [1.82, 2.24) is 4.98 Å². The molecular formula is C15H16N2O2. The molecule has 0 radical (unpaired) electrons. The van der Waals surface area contributed by atoms with E-state index in [2.05, 4.69) is 24.1 Å². The summed E-state index contributed by atoms with van der Waals surface area (Å²) in [7, 11) is 0. The predicted molar refractivity (Wildman–Crippen MR) is 74.5 cm³/mol. The van der Waals surface area contributed by atoms with Gasteiger partial charge in [-0.25, -0.2) is 9.78 Å². The Morgan fingerprint density at radius 1 is 1.42 bits per heavy atom. The monoisotopic (exact) mass is 256 g/mol. The number of para-hydroxylation sites is 1. The SMILES string of the molecule is CC1(C)CC1Nc1nc2ccccc2cc1C(=O)O. The summed E-state index contributed by atoms with van der Waals surface area (Å²) >= 11 is 0. The molecule has 1 atom stereocenters. The van der Waals surface area contributed by atoms with Crippen molar-refractivity contribution in [3.8, 4) is 0 Å². The molecule has 4 heteroatoms. The minimum Gasteiger partial charge on any atom is -0.478 e. The molecule has 0 bridgehead atoms. The van der Waals surface area contributed by atoms with Gasteiger partial charge >= 0.3 is 5.97 Å². The van der Waals surface area contributed by atoms with Crippen LogP contribution in [0.5, 0.6) is 0 Å². The summed E-state index contributed by atoms with van der Waals surface area (Å²) in [5.74, 6) is -0.471. The number of carbonyl (C=O) groups is 1. The Bertz CT molecular complexity index is 664. The van der Waals surface area contributed by atoms with Gasteiger partial charge in [-0.3, -0.25) is 0 Å². The van der Waals surface area contributed by atoms with Crippen molar-refractivity contribution in [1.29, 1.82) is 0 Å². The summed E-state index contributed by atoms with van der Waals surface area (Å²) in [4.78, 5) is 15.8. The standard InChI is InChI=1S/C15H16N2O2/c1-15(2)8-12(15)17-13-10(14(18)19)7-9-5-3-4-6-11(9)16-13/h3-7,12H,8H2,1-2H3,(H,16,17)(H,18,19). The summed E-state index contributed by atoms with van der Waals surface area (Å²) in [6, 6.07) is 9.54. The van der Waals surface area contributed by atoms with Crippen molar-refractivity contribution >= 4 is 22.7 Å². The molecule has 0 aliphatic heterocycles. The first kappa shape index (κ1) is 12.0. The highest BCUT2D eigenvalue weighted by Gasteiger charge is 2.46. The summed E-state index contributed by atoms with van der Waals surface area (Å²) in [6.07, 6.45) is 1.04. The van der Waals surface area contributed by atoms with Gasteiger partial charge in [0.2, 0.25) is 0 Å². The van der Waals surface area contributed by atoms with Crippen LogP contribution in [0.15, 0.2) is 30.3 Å². The molecule has 1 fully saturated rings. The smallest absolute Gasteiger partial charge is 0.339 e. The van der Waals surface area contributed by atoms with E-state index in [-0.39, 0.29) is 11.0 Å².